The smallest absolute Gasteiger partial charge is 0.122 e. The summed E-state index contributed by atoms with van der Waals surface area (Å²) in [5.41, 5.74) is 1.59. The number of methoxy groups -OCH3 is 1. The Labute approximate surface area is 114 Å². The lowest BCUT2D eigenvalue weighted by Crippen LogP contribution is -2.13. The molecule has 0 saturated heterocycles. The highest BCUT2D eigenvalue weighted by Gasteiger charge is 2.19. The van der Waals surface area contributed by atoms with E-state index in [9.17, 15) is 5.11 Å². The van der Waals surface area contributed by atoms with Crippen LogP contribution in [0.25, 0.3) is 0 Å². The molecule has 1 aromatic heterocycles. The largest absolute Gasteiger partial charge is 0.383 e. The SMILES string of the molecule is COCCn1ncc(Br)c1C(O)c1ccccc1. The average molecular weight is 311 g/mol. The number of aromatic nitrogens is 2. The summed E-state index contributed by atoms with van der Waals surface area (Å²) < 4.78 is 7.59. The molecule has 18 heavy (non-hydrogen) atoms. The Kier molecular flexibility index (Phi) is 4.52. The quantitative estimate of drug-likeness (QED) is 0.922. The highest BCUT2D eigenvalue weighted by Crippen LogP contribution is 2.28. The molecule has 1 heterocycles. The zero-order chi connectivity index (χ0) is 13.0. The van der Waals surface area contributed by atoms with Gasteiger partial charge in [-0.2, -0.15) is 5.10 Å². The predicted molar refractivity (Wildman–Crippen MR) is 72.3 cm³/mol. The molecule has 0 aliphatic rings. The van der Waals surface area contributed by atoms with Crippen molar-refractivity contribution in [3.63, 3.8) is 0 Å². The van der Waals surface area contributed by atoms with E-state index in [1.165, 1.54) is 0 Å². The van der Waals surface area contributed by atoms with E-state index < -0.39 is 6.10 Å². The Morgan fingerprint density at radius 1 is 1.39 bits per heavy atom. The van der Waals surface area contributed by atoms with Crippen molar-refractivity contribution in [2.24, 2.45) is 0 Å². The van der Waals surface area contributed by atoms with Crippen LogP contribution >= 0.6 is 15.9 Å². The Hall–Kier alpha value is -1.17. The number of hydrogen-bond acceptors (Lipinski definition) is 3. The van der Waals surface area contributed by atoms with Gasteiger partial charge in [0.25, 0.3) is 0 Å². The van der Waals surface area contributed by atoms with E-state index in [0.717, 1.165) is 15.7 Å². The van der Waals surface area contributed by atoms with Crippen LogP contribution in [0, 0.1) is 0 Å². The molecule has 0 aliphatic carbocycles. The van der Waals surface area contributed by atoms with Gasteiger partial charge in [0.15, 0.2) is 0 Å². The van der Waals surface area contributed by atoms with Crippen molar-refractivity contribution in [1.82, 2.24) is 9.78 Å². The van der Waals surface area contributed by atoms with Crippen LogP contribution in [0.1, 0.15) is 17.4 Å². The minimum atomic E-state index is -0.695. The standard InChI is InChI=1S/C13H15BrN2O2/c1-18-8-7-16-12(11(14)9-15-16)13(17)10-5-3-2-4-6-10/h2-6,9,13,17H,7-8H2,1H3. The zero-order valence-electron chi connectivity index (χ0n) is 10.1. The fraction of sp³-hybridized carbons (Fsp3) is 0.308. The van der Waals surface area contributed by atoms with Gasteiger partial charge in [-0.3, -0.25) is 4.68 Å². The molecule has 0 amide bonds. The van der Waals surface area contributed by atoms with E-state index in [2.05, 4.69) is 21.0 Å². The number of benzene rings is 1. The lowest BCUT2D eigenvalue weighted by atomic mass is 10.1. The van der Waals surface area contributed by atoms with Crippen molar-refractivity contribution >= 4 is 15.9 Å². The van der Waals surface area contributed by atoms with E-state index in [1.54, 1.807) is 18.0 Å². The van der Waals surface area contributed by atoms with Gasteiger partial charge in [-0.1, -0.05) is 30.3 Å². The molecule has 1 atom stereocenters. The number of rotatable bonds is 5. The van der Waals surface area contributed by atoms with Gasteiger partial charge in [-0.05, 0) is 21.5 Å². The van der Waals surface area contributed by atoms with Crippen LogP contribution in [0.5, 0.6) is 0 Å². The second-order valence-corrected chi connectivity index (χ2v) is 4.76. The summed E-state index contributed by atoms with van der Waals surface area (Å²) in [6.07, 6.45) is 0.997. The molecule has 0 aliphatic heterocycles. The summed E-state index contributed by atoms with van der Waals surface area (Å²) in [6.45, 7) is 1.17. The molecule has 0 spiro atoms. The first-order valence-electron chi connectivity index (χ1n) is 5.67. The maximum atomic E-state index is 10.4. The third-order valence-corrected chi connectivity index (χ3v) is 3.33. The number of ether oxygens (including phenoxy) is 1. The number of nitrogens with zero attached hydrogens (tertiary/aromatic N) is 2. The second-order valence-electron chi connectivity index (χ2n) is 3.91. The molecule has 1 unspecified atom stereocenters. The second kappa shape index (κ2) is 6.13. The number of aliphatic hydroxyl groups is 1. The lowest BCUT2D eigenvalue weighted by molar-refractivity contribution is 0.171. The van der Waals surface area contributed by atoms with E-state index in [0.29, 0.717) is 13.2 Å². The molecule has 4 nitrogen and oxygen atoms in total. The number of halogens is 1. The molecule has 0 saturated carbocycles. The Morgan fingerprint density at radius 2 is 2.11 bits per heavy atom. The molecule has 5 heteroatoms. The normalized spacial score (nSPS) is 12.6. The predicted octanol–water partition coefficient (Wildman–Crippen LogP) is 2.37. The number of aliphatic hydroxyl groups excluding tert-OH is 1. The Balaban J connectivity index is 2.29. The highest BCUT2D eigenvalue weighted by atomic mass is 79.9. The third kappa shape index (κ3) is 2.80. The monoisotopic (exact) mass is 310 g/mol. The van der Waals surface area contributed by atoms with Crippen molar-refractivity contribution < 1.29 is 9.84 Å². The van der Waals surface area contributed by atoms with Crippen molar-refractivity contribution in [1.29, 1.82) is 0 Å². The van der Waals surface area contributed by atoms with Crippen LogP contribution in [0.3, 0.4) is 0 Å². The van der Waals surface area contributed by atoms with Gasteiger partial charge in [0, 0.05) is 7.11 Å². The highest BCUT2D eigenvalue weighted by molar-refractivity contribution is 9.10. The van der Waals surface area contributed by atoms with Gasteiger partial charge in [0.1, 0.15) is 6.10 Å². The van der Waals surface area contributed by atoms with Crippen molar-refractivity contribution in [2.45, 2.75) is 12.6 Å². The third-order valence-electron chi connectivity index (χ3n) is 2.71. The molecule has 96 valence electrons. The van der Waals surface area contributed by atoms with Crippen LogP contribution in [0.2, 0.25) is 0 Å². The van der Waals surface area contributed by atoms with Gasteiger partial charge >= 0.3 is 0 Å². The molecule has 0 radical (unpaired) electrons. The van der Waals surface area contributed by atoms with Crippen LogP contribution in [-0.2, 0) is 11.3 Å². The Bertz CT molecular complexity index is 499. The van der Waals surface area contributed by atoms with Crippen LogP contribution in [0.15, 0.2) is 41.0 Å². The summed E-state index contributed by atoms with van der Waals surface area (Å²) in [4.78, 5) is 0. The van der Waals surface area contributed by atoms with Gasteiger partial charge in [0.05, 0.1) is 29.5 Å². The summed E-state index contributed by atoms with van der Waals surface area (Å²) >= 11 is 3.42. The summed E-state index contributed by atoms with van der Waals surface area (Å²) in [6, 6.07) is 9.52. The van der Waals surface area contributed by atoms with E-state index in [4.69, 9.17) is 4.74 Å². The molecule has 1 aromatic carbocycles. The van der Waals surface area contributed by atoms with Gasteiger partial charge in [0.2, 0.25) is 0 Å². The first kappa shape index (κ1) is 13.3. The van der Waals surface area contributed by atoms with E-state index in [1.807, 2.05) is 30.3 Å². The summed E-state index contributed by atoms with van der Waals surface area (Å²) in [7, 11) is 1.64. The minimum Gasteiger partial charge on any atom is -0.383 e. The molecular formula is C13H15BrN2O2. The molecular weight excluding hydrogens is 296 g/mol. The molecule has 1 N–H and O–H groups in total. The molecule has 0 bridgehead atoms. The van der Waals surface area contributed by atoms with Crippen molar-refractivity contribution in [3.8, 4) is 0 Å². The van der Waals surface area contributed by atoms with Crippen LogP contribution in [-0.4, -0.2) is 28.6 Å². The topological polar surface area (TPSA) is 47.3 Å². The van der Waals surface area contributed by atoms with Crippen LogP contribution in [0.4, 0.5) is 0 Å². The molecule has 2 aromatic rings. The lowest BCUT2D eigenvalue weighted by Gasteiger charge is -2.14. The van der Waals surface area contributed by atoms with Crippen molar-refractivity contribution in [2.75, 3.05) is 13.7 Å². The molecule has 2 rings (SSSR count). The number of hydrogen-bond donors (Lipinski definition) is 1. The average Bonchev–Trinajstić information content (AvgIpc) is 2.77. The van der Waals surface area contributed by atoms with Crippen molar-refractivity contribution in [3.05, 3.63) is 52.3 Å². The van der Waals surface area contributed by atoms with Gasteiger partial charge in [-0.15, -0.1) is 0 Å². The summed E-state index contributed by atoms with van der Waals surface area (Å²) in [5.74, 6) is 0. The van der Waals surface area contributed by atoms with Gasteiger partial charge < -0.3 is 9.84 Å². The maximum absolute atomic E-state index is 10.4. The first-order valence-corrected chi connectivity index (χ1v) is 6.46. The van der Waals surface area contributed by atoms with Gasteiger partial charge in [-0.25, -0.2) is 0 Å². The molecule has 0 fully saturated rings. The summed E-state index contributed by atoms with van der Waals surface area (Å²) in [5, 5.41) is 14.6. The fourth-order valence-corrected chi connectivity index (χ4v) is 2.31. The minimum absolute atomic E-state index is 0.558. The first-order chi connectivity index (χ1) is 8.74. The van der Waals surface area contributed by atoms with E-state index in [-0.39, 0.29) is 0 Å². The Morgan fingerprint density at radius 3 is 2.78 bits per heavy atom. The zero-order valence-corrected chi connectivity index (χ0v) is 11.7. The fourth-order valence-electron chi connectivity index (χ4n) is 1.79. The van der Waals surface area contributed by atoms with Crippen LogP contribution < -0.4 is 0 Å². The maximum Gasteiger partial charge on any atom is 0.122 e. The van der Waals surface area contributed by atoms with E-state index >= 15 is 0 Å².